The third-order valence-corrected chi connectivity index (χ3v) is 6.01. The lowest BCUT2D eigenvalue weighted by molar-refractivity contribution is 0.0956. The number of anilines is 1. The van der Waals surface area contributed by atoms with E-state index in [4.69, 9.17) is 23.2 Å². The molecule has 0 spiro atoms. The zero-order chi connectivity index (χ0) is 22.4. The smallest absolute Gasteiger partial charge is 0.267 e. The second kappa shape index (κ2) is 9.96. The van der Waals surface area contributed by atoms with Crippen molar-refractivity contribution in [3.8, 4) is 0 Å². The molecule has 3 rings (SSSR count). The van der Waals surface area contributed by atoms with Crippen molar-refractivity contribution >= 4 is 51.0 Å². The lowest BCUT2D eigenvalue weighted by Crippen LogP contribution is -2.32. The summed E-state index contributed by atoms with van der Waals surface area (Å²) < 4.78 is 26.2. The van der Waals surface area contributed by atoms with Crippen molar-refractivity contribution in [3.63, 3.8) is 0 Å². The number of benzene rings is 3. The molecule has 0 saturated carbocycles. The molecule has 0 bridgehead atoms. The molecule has 6 nitrogen and oxygen atoms in total. The number of hydrogen-bond acceptors (Lipinski definition) is 4. The number of rotatable bonds is 7. The molecule has 31 heavy (non-hydrogen) atoms. The van der Waals surface area contributed by atoms with Gasteiger partial charge in [-0.25, -0.2) is 13.8 Å². The van der Waals surface area contributed by atoms with Gasteiger partial charge in [0.2, 0.25) is 10.0 Å². The summed E-state index contributed by atoms with van der Waals surface area (Å²) in [5.74, 6) is -0.557. The maximum Gasteiger partial charge on any atom is 0.273 e. The van der Waals surface area contributed by atoms with Gasteiger partial charge in [-0.05, 0) is 29.8 Å². The Morgan fingerprint density at radius 1 is 1.03 bits per heavy atom. The average Bonchev–Trinajstić information content (AvgIpc) is 2.73. The van der Waals surface area contributed by atoms with Crippen LogP contribution in [-0.4, -0.2) is 26.8 Å². The minimum Gasteiger partial charge on any atom is -0.267 e. The number of nitrogens with one attached hydrogen (secondary N) is 1. The standard InChI is InChI=1S/C22H19Cl2N3O3S/c1-31(29,30)27(15-16-7-3-2-4-8-16)21-10-6-5-9-19(21)22(28)26-25-14-17-11-12-18(23)13-20(17)24/h2-14H,15H2,1H3,(H,26,28)/b25-14+. The van der Waals surface area contributed by atoms with Gasteiger partial charge in [-0.2, -0.15) is 5.10 Å². The van der Waals surface area contributed by atoms with E-state index in [1.165, 1.54) is 10.5 Å². The second-order valence-electron chi connectivity index (χ2n) is 6.64. The van der Waals surface area contributed by atoms with Crippen molar-refractivity contribution in [3.05, 3.63) is 99.5 Å². The first-order chi connectivity index (χ1) is 14.8. The molecule has 9 heteroatoms. The normalized spacial score (nSPS) is 11.5. The van der Waals surface area contributed by atoms with E-state index in [2.05, 4.69) is 10.5 Å². The Labute approximate surface area is 191 Å². The first kappa shape index (κ1) is 22.8. The summed E-state index contributed by atoms with van der Waals surface area (Å²) in [5, 5.41) is 4.81. The molecule has 0 unspecified atom stereocenters. The Kier molecular flexibility index (Phi) is 7.33. The molecule has 0 saturated heterocycles. The van der Waals surface area contributed by atoms with Gasteiger partial charge in [0.1, 0.15) is 0 Å². The fourth-order valence-electron chi connectivity index (χ4n) is 2.84. The molecule has 160 valence electrons. The van der Waals surface area contributed by atoms with Crippen LogP contribution in [0.4, 0.5) is 5.69 Å². The van der Waals surface area contributed by atoms with Crippen LogP contribution >= 0.6 is 23.2 Å². The Bertz CT molecular complexity index is 1220. The van der Waals surface area contributed by atoms with Crippen LogP contribution in [0.3, 0.4) is 0 Å². The van der Waals surface area contributed by atoms with Crippen LogP contribution in [0.1, 0.15) is 21.5 Å². The zero-order valence-electron chi connectivity index (χ0n) is 16.5. The third-order valence-electron chi connectivity index (χ3n) is 4.32. The molecule has 3 aromatic rings. The van der Waals surface area contributed by atoms with Crippen molar-refractivity contribution in [1.82, 2.24) is 5.43 Å². The first-order valence-electron chi connectivity index (χ1n) is 9.15. The van der Waals surface area contributed by atoms with Crippen molar-refractivity contribution in [2.45, 2.75) is 6.54 Å². The molecule has 1 amide bonds. The molecule has 0 atom stereocenters. The first-order valence-corrected chi connectivity index (χ1v) is 11.8. The summed E-state index contributed by atoms with van der Waals surface area (Å²) in [4.78, 5) is 12.8. The number of amides is 1. The number of carbonyl (C=O) groups is 1. The van der Waals surface area contributed by atoms with Gasteiger partial charge in [0.25, 0.3) is 5.91 Å². The molecular formula is C22H19Cl2N3O3S. The topological polar surface area (TPSA) is 78.8 Å². The molecule has 0 aliphatic heterocycles. The van der Waals surface area contributed by atoms with Crippen LogP contribution in [0.25, 0.3) is 0 Å². The third kappa shape index (κ3) is 6.07. The molecule has 0 fully saturated rings. The molecule has 3 aromatic carbocycles. The van der Waals surface area contributed by atoms with Gasteiger partial charge in [0, 0.05) is 10.6 Å². The number of hydrogen-bond donors (Lipinski definition) is 1. The average molecular weight is 476 g/mol. The monoisotopic (exact) mass is 475 g/mol. The van der Waals surface area contributed by atoms with E-state index in [-0.39, 0.29) is 17.8 Å². The molecule has 0 aliphatic rings. The maximum absolute atomic E-state index is 12.8. The van der Waals surface area contributed by atoms with Crippen molar-refractivity contribution in [2.24, 2.45) is 5.10 Å². The lowest BCUT2D eigenvalue weighted by Gasteiger charge is -2.24. The van der Waals surface area contributed by atoms with E-state index in [9.17, 15) is 13.2 Å². The Morgan fingerprint density at radius 3 is 2.39 bits per heavy atom. The van der Waals surface area contributed by atoms with Gasteiger partial charge in [-0.1, -0.05) is 71.7 Å². The van der Waals surface area contributed by atoms with Crippen molar-refractivity contribution < 1.29 is 13.2 Å². The van der Waals surface area contributed by atoms with E-state index < -0.39 is 15.9 Å². The SMILES string of the molecule is CS(=O)(=O)N(Cc1ccccc1)c1ccccc1C(=O)N/N=C/c1ccc(Cl)cc1Cl. The molecule has 0 heterocycles. The molecule has 0 radical (unpaired) electrons. The van der Waals surface area contributed by atoms with Crippen LogP contribution in [0, 0.1) is 0 Å². The summed E-state index contributed by atoms with van der Waals surface area (Å²) in [6.45, 7) is 0.0909. The highest BCUT2D eigenvalue weighted by Gasteiger charge is 2.23. The van der Waals surface area contributed by atoms with Gasteiger partial charge >= 0.3 is 0 Å². The van der Waals surface area contributed by atoms with E-state index >= 15 is 0 Å². The predicted molar refractivity (Wildman–Crippen MR) is 125 cm³/mol. The summed E-state index contributed by atoms with van der Waals surface area (Å²) in [5.41, 5.74) is 4.20. The molecular weight excluding hydrogens is 457 g/mol. The van der Waals surface area contributed by atoms with Gasteiger partial charge in [0.15, 0.2) is 0 Å². The number of nitrogens with zero attached hydrogens (tertiary/aromatic N) is 2. The molecule has 0 aliphatic carbocycles. The number of halogens is 2. The van der Waals surface area contributed by atoms with E-state index in [1.54, 1.807) is 42.5 Å². The predicted octanol–water partition coefficient (Wildman–Crippen LogP) is 4.72. The van der Waals surface area contributed by atoms with E-state index in [0.29, 0.717) is 15.6 Å². The van der Waals surface area contributed by atoms with Crippen LogP contribution in [0.2, 0.25) is 10.0 Å². The Morgan fingerprint density at radius 2 is 1.71 bits per heavy atom. The number of hydrazone groups is 1. The minimum atomic E-state index is -3.66. The van der Waals surface area contributed by atoms with Gasteiger partial charge in [-0.3, -0.25) is 9.10 Å². The quantitative estimate of drug-likeness (QED) is 0.396. The van der Waals surface area contributed by atoms with Crippen LogP contribution in [0.15, 0.2) is 77.9 Å². The summed E-state index contributed by atoms with van der Waals surface area (Å²) in [7, 11) is -3.66. The van der Waals surface area contributed by atoms with E-state index in [1.807, 2.05) is 30.3 Å². The highest BCUT2D eigenvalue weighted by atomic mass is 35.5. The number of para-hydroxylation sites is 1. The Balaban J connectivity index is 1.86. The summed E-state index contributed by atoms with van der Waals surface area (Å²) in [6, 6.07) is 20.5. The maximum atomic E-state index is 12.8. The van der Waals surface area contributed by atoms with Gasteiger partial charge < -0.3 is 0 Å². The van der Waals surface area contributed by atoms with Crippen molar-refractivity contribution in [1.29, 1.82) is 0 Å². The minimum absolute atomic E-state index is 0.0909. The Hall–Kier alpha value is -2.87. The zero-order valence-corrected chi connectivity index (χ0v) is 18.8. The number of carbonyl (C=O) groups excluding carboxylic acids is 1. The molecule has 1 N–H and O–H groups in total. The van der Waals surface area contributed by atoms with Gasteiger partial charge in [0.05, 0.1) is 35.3 Å². The summed E-state index contributed by atoms with van der Waals surface area (Å²) >= 11 is 12.0. The molecule has 0 aromatic heterocycles. The summed E-state index contributed by atoms with van der Waals surface area (Å²) in [6.07, 6.45) is 2.49. The van der Waals surface area contributed by atoms with Gasteiger partial charge in [-0.15, -0.1) is 0 Å². The highest BCUT2D eigenvalue weighted by molar-refractivity contribution is 7.92. The number of sulfonamides is 1. The van der Waals surface area contributed by atoms with Crippen LogP contribution < -0.4 is 9.73 Å². The lowest BCUT2D eigenvalue weighted by atomic mass is 10.1. The second-order valence-corrected chi connectivity index (χ2v) is 9.39. The fraction of sp³-hybridized carbons (Fsp3) is 0.0909. The van der Waals surface area contributed by atoms with Crippen molar-refractivity contribution in [2.75, 3.05) is 10.6 Å². The van der Waals surface area contributed by atoms with Crippen LogP contribution in [-0.2, 0) is 16.6 Å². The largest absolute Gasteiger partial charge is 0.273 e. The fourth-order valence-corrected chi connectivity index (χ4v) is 4.20. The van der Waals surface area contributed by atoms with Crippen LogP contribution in [0.5, 0.6) is 0 Å². The van der Waals surface area contributed by atoms with E-state index in [0.717, 1.165) is 11.8 Å². The highest BCUT2D eigenvalue weighted by Crippen LogP contribution is 2.25.